The summed E-state index contributed by atoms with van der Waals surface area (Å²) in [6, 6.07) is 7.63. The molecular weight excluding hydrogens is 338 g/mol. The van der Waals surface area contributed by atoms with Gasteiger partial charge in [-0.15, -0.1) is 0 Å². The normalized spacial score (nSPS) is 13.0. The van der Waals surface area contributed by atoms with Crippen LogP contribution in [0.15, 0.2) is 44.8 Å². The van der Waals surface area contributed by atoms with Gasteiger partial charge in [0.05, 0.1) is 24.8 Å². The smallest absolute Gasteiger partial charge is 0.254 e. The average Bonchev–Trinajstić information content (AvgIpc) is 3.29. The number of ether oxygens (including phenoxy) is 1. The van der Waals surface area contributed by atoms with E-state index >= 15 is 0 Å². The number of hydrogen-bond donors (Lipinski definition) is 1. The van der Waals surface area contributed by atoms with E-state index in [0.717, 1.165) is 41.8 Å². The largest absolute Gasteiger partial charge is 0.497 e. The van der Waals surface area contributed by atoms with Crippen LogP contribution in [0.1, 0.15) is 23.6 Å². The minimum Gasteiger partial charge on any atom is -0.497 e. The van der Waals surface area contributed by atoms with Crippen LogP contribution in [0.3, 0.4) is 0 Å². The fraction of sp³-hybridized carbons (Fsp3) is 0.278. The lowest BCUT2D eigenvalue weighted by atomic mass is 10.2. The molecule has 7 heteroatoms. The minimum absolute atomic E-state index is 0.0190. The Morgan fingerprint density at radius 3 is 3.16 bits per heavy atom. The van der Waals surface area contributed by atoms with Gasteiger partial charge in [0.1, 0.15) is 5.75 Å². The van der Waals surface area contributed by atoms with Gasteiger partial charge in [0.25, 0.3) is 5.56 Å². The molecular formula is C18H17N3O3S. The topological polar surface area (TPSA) is 81.0 Å². The molecule has 0 atom stereocenters. The highest BCUT2D eigenvalue weighted by molar-refractivity contribution is 7.98. The summed E-state index contributed by atoms with van der Waals surface area (Å²) < 4.78 is 11.0. The first-order chi connectivity index (χ1) is 12.2. The molecule has 0 unspecified atom stereocenters. The van der Waals surface area contributed by atoms with E-state index in [0.29, 0.717) is 22.6 Å². The average molecular weight is 355 g/mol. The van der Waals surface area contributed by atoms with Gasteiger partial charge in [-0.3, -0.25) is 4.79 Å². The van der Waals surface area contributed by atoms with Crippen molar-refractivity contribution in [3.05, 3.63) is 58.0 Å². The predicted octanol–water partition coefficient (Wildman–Crippen LogP) is 3.21. The maximum absolute atomic E-state index is 12.0. The van der Waals surface area contributed by atoms with E-state index in [2.05, 4.69) is 15.0 Å². The Morgan fingerprint density at radius 1 is 1.36 bits per heavy atom. The maximum atomic E-state index is 12.0. The molecule has 6 nitrogen and oxygen atoms in total. The number of nitrogens with one attached hydrogen (secondary N) is 1. The third kappa shape index (κ3) is 3.32. The van der Waals surface area contributed by atoms with Crippen molar-refractivity contribution in [1.29, 1.82) is 0 Å². The van der Waals surface area contributed by atoms with Crippen LogP contribution in [-0.2, 0) is 18.6 Å². The van der Waals surface area contributed by atoms with Gasteiger partial charge in [0.15, 0.2) is 10.9 Å². The molecule has 0 saturated heterocycles. The van der Waals surface area contributed by atoms with E-state index in [1.807, 2.05) is 24.3 Å². The van der Waals surface area contributed by atoms with Crippen molar-refractivity contribution in [3.63, 3.8) is 0 Å². The third-order valence-corrected chi connectivity index (χ3v) is 5.02. The number of thioether (sulfide) groups is 1. The Hall–Kier alpha value is -2.54. The summed E-state index contributed by atoms with van der Waals surface area (Å²) in [6.45, 7) is 0. The Labute approximate surface area is 148 Å². The quantitative estimate of drug-likeness (QED) is 0.559. The highest BCUT2D eigenvalue weighted by atomic mass is 32.2. The van der Waals surface area contributed by atoms with Crippen LogP contribution in [0, 0.1) is 0 Å². The molecule has 2 aromatic heterocycles. The number of fused-ring (bicyclic) bond motifs is 1. The molecule has 1 N–H and O–H groups in total. The van der Waals surface area contributed by atoms with Crippen LogP contribution < -0.4 is 10.3 Å². The lowest BCUT2D eigenvalue weighted by Crippen LogP contribution is -2.14. The summed E-state index contributed by atoms with van der Waals surface area (Å²) in [5.74, 6) is 2.55. The first-order valence-corrected chi connectivity index (χ1v) is 9.05. The molecule has 0 bridgehead atoms. The molecule has 0 amide bonds. The SMILES string of the molecule is COc1cccc(-c2cnc(CSc3nc4c(c(=O)[nH]3)CCC4)o2)c1. The van der Waals surface area contributed by atoms with E-state index in [1.165, 1.54) is 11.8 Å². The minimum atomic E-state index is -0.0190. The highest BCUT2D eigenvalue weighted by Crippen LogP contribution is 2.27. The van der Waals surface area contributed by atoms with Crippen molar-refractivity contribution in [3.8, 4) is 17.1 Å². The second-order valence-corrected chi connectivity index (χ2v) is 6.75. The van der Waals surface area contributed by atoms with Gasteiger partial charge in [-0.25, -0.2) is 9.97 Å². The number of oxazole rings is 1. The summed E-state index contributed by atoms with van der Waals surface area (Å²) in [6.07, 6.45) is 4.41. The van der Waals surface area contributed by atoms with E-state index in [9.17, 15) is 4.79 Å². The second kappa shape index (κ2) is 6.76. The summed E-state index contributed by atoms with van der Waals surface area (Å²) in [5.41, 5.74) is 2.65. The number of H-pyrrole nitrogens is 1. The van der Waals surface area contributed by atoms with E-state index in [4.69, 9.17) is 9.15 Å². The number of nitrogens with zero attached hydrogens (tertiary/aromatic N) is 2. The number of aromatic amines is 1. The molecule has 1 aromatic carbocycles. The first kappa shape index (κ1) is 16.0. The van der Waals surface area contributed by atoms with Gasteiger partial charge in [-0.2, -0.15) is 0 Å². The molecule has 1 aliphatic rings. The highest BCUT2D eigenvalue weighted by Gasteiger charge is 2.17. The number of methoxy groups -OCH3 is 1. The number of hydrogen-bond acceptors (Lipinski definition) is 6. The summed E-state index contributed by atoms with van der Waals surface area (Å²) in [7, 11) is 1.63. The Morgan fingerprint density at radius 2 is 2.28 bits per heavy atom. The van der Waals surface area contributed by atoms with Crippen molar-refractivity contribution in [1.82, 2.24) is 15.0 Å². The fourth-order valence-corrected chi connectivity index (χ4v) is 3.64. The lowest BCUT2D eigenvalue weighted by molar-refractivity contribution is 0.414. The van der Waals surface area contributed by atoms with Gasteiger partial charge in [0, 0.05) is 11.1 Å². The van der Waals surface area contributed by atoms with Gasteiger partial charge < -0.3 is 14.1 Å². The maximum Gasteiger partial charge on any atom is 0.254 e. The first-order valence-electron chi connectivity index (χ1n) is 8.07. The molecule has 128 valence electrons. The van der Waals surface area contributed by atoms with Crippen molar-refractivity contribution in [2.45, 2.75) is 30.2 Å². The van der Waals surface area contributed by atoms with Crippen molar-refractivity contribution in [2.75, 3.05) is 7.11 Å². The molecule has 0 fully saturated rings. The number of aryl methyl sites for hydroxylation is 1. The standard InChI is InChI=1S/C18H17N3O3S/c1-23-12-5-2-4-11(8-12)15-9-19-16(24-15)10-25-18-20-14-7-3-6-13(14)17(22)21-18/h2,4-5,8-9H,3,6-7,10H2,1H3,(H,20,21,22). The van der Waals surface area contributed by atoms with Crippen molar-refractivity contribution >= 4 is 11.8 Å². The van der Waals surface area contributed by atoms with Gasteiger partial charge >= 0.3 is 0 Å². The molecule has 0 saturated carbocycles. The zero-order valence-corrected chi connectivity index (χ0v) is 14.6. The zero-order chi connectivity index (χ0) is 17.2. The molecule has 1 aliphatic carbocycles. The monoisotopic (exact) mass is 355 g/mol. The van der Waals surface area contributed by atoms with Crippen LogP contribution >= 0.6 is 11.8 Å². The van der Waals surface area contributed by atoms with Crippen LogP contribution in [0.5, 0.6) is 5.75 Å². The van der Waals surface area contributed by atoms with Gasteiger partial charge in [-0.05, 0) is 31.4 Å². The summed E-state index contributed by atoms with van der Waals surface area (Å²) in [5, 5.41) is 0.617. The lowest BCUT2D eigenvalue weighted by Gasteiger charge is -2.02. The van der Waals surface area contributed by atoms with Crippen LogP contribution in [0.2, 0.25) is 0 Å². The fourth-order valence-electron chi connectivity index (χ4n) is 2.90. The van der Waals surface area contributed by atoms with Gasteiger partial charge in [0.2, 0.25) is 5.89 Å². The Bertz CT molecular complexity index is 964. The van der Waals surface area contributed by atoms with Gasteiger partial charge in [-0.1, -0.05) is 23.9 Å². The summed E-state index contributed by atoms with van der Waals surface area (Å²) in [4.78, 5) is 23.7. The van der Waals surface area contributed by atoms with Crippen molar-refractivity contribution < 1.29 is 9.15 Å². The number of benzene rings is 1. The van der Waals surface area contributed by atoms with Crippen LogP contribution in [0.4, 0.5) is 0 Å². The molecule has 2 heterocycles. The zero-order valence-electron chi connectivity index (χ0n) is 13.7. The Kier molecular flexibility index (Phi) is 4.31. The number of rotatable bonds is 5. The third-order valence-electron chi connectivity index (χ3n) is 4.16. The second-order valence-electron chi connectivity index (χ2n) is 5.79. The van der Waals surface area contributed by atoms with Crippen LogP contribution in [0.25, 0.3) is 11.3 Å². The molecule has 25 heavy (non-hydrogen) atoms. The molecule has 0 aliphatic heterocycles. The van der Waals surface area contributed by atoms with Crippen LogP contribution in [-0.4, -0.2) is 22.1 Å². The summed E-state index contributed by atoms with van der Waals surface area (Å²) >= 11 is 1.42. The molecule has 0 radical (unpaired) electrons. The Balaban J connectivity index is 1.48. The molecule has 4 rings (SSSR count). The molecule has 3 aromatic rings. The molecule has 0 spiro atoms. The predicted molar refractivity (Wildman–Crippen MR) is 94.9 cm³/mol. The van der Waals surface area contributed by atoms with E-state index < -0.39 is 0 Å². The number of aromatic nitrogens is 3. The van der Waals surface area contributed by atoms with E-state index in [-0.39, 0.29) is 5.56 Å². The van der Waals surface area contributed by atoms with E-state index in [1.54, 1.807) is 13.3 Å². The van der Waals surface area contributed by atoms with Crippen molar-refractivity contribution in [2.24, 2.45) is 0 Å².